The number of carbonyl (C=O) groups excluding carboxylic acids is 2. The van der Waals surface area contributed by atoms with Crippen molar-refractivity contribution in [3.05, 3.63) is 23.8 Å². The Morgan fingerprint density at radius 2 is 2.05 bits per heavy atom. The van der Waals surface area contributed by atoms with Crippen LogP contribution in [0.2, 0.25) is 0 Å². The van der Waals surface area contributed by atoms with E-state index in [1.54, 1.807) is 7.11 Å². The fourth-order valence-electron chi connectivity index (χ4n) is 1.86. The average Bonchev–Trinajstić information content (AvgIpc) is 2.38. The molecule has 0 aromatic heterocycles. The van der Waals surface area contributed by atoms with Crippen molar-refractivity contribution in [1.82, 2.24) is 5.32 Å². The van der Waals surface area contributed by atoms with Gasteiger partial charge in [0.25, 0.3) is 0 Å². The van der Waals surface area contributed by atoms with E-state index in [0.29, 0.717) is 30.8 Å². The van der Waals surface area contributed by atoms with Gasteiger partial charge in [0.05, 0.1) is 12.8 Å². The topological polar surface area (TPSA) is 67.4 Å². The summed E-state index contributed by atoms with van der Waals surface area (Å²) < 4.78 is 5.19. The van der Waals surface area contributed by atoms with E-state index in [-0.39, 0.29) is 11.8 Å². The van der Waals surface area contributed by atoms with E-state index in [1.165, 1.54) is 6.92 Å². The molecule has 0 unspecified atom stereocenters. The van der Waals surface area contributed by atoms with E-state index in [0.717, 1.165) is 12.0 Å². The molecule has 0 aliphatic rings. The van der Waals surface area contributed by atoms with E-state index in [2.05, 4.69) is 10.6 Å². The summed E-state index contributed by atoms with van der Waals surface area (Å²) in [7, 11) is 1.56. The Morgan fingerprint density at radius 1 is 1.30 bits per heavy atom. The van der Waals surface area contributed by atoms with E-state index in [9.17, 15) is 9.59 Å². The van der Waals surface area contributed by atoms with Gasteiger partial charge in [0.15, 0.2) is 0 Å². The summed E-state index contributed by atoms with van der Waals surface area (Å²) in [6.45, 7) is 4.02. The van der Waals surface area contributed by atoms with Gasteiger partial charge < -0.3 is 15.4 Å². The molecule has 0 radical (unpaired) electrons. The van der Waals surface area contributed by atoms with Crippen molar-refractivity contribution in [2.45, 2.75) is 33.1 Å². The molecule has 110 valence electrons. The monoisotopic (exact) mass is 278 g/mol. The van der Waals surface area contributed by atoms with Gasteiger partial charge in [-0.25, -0.2) is 0 Å². The third-order valence-corrected chi connectivity index (χ3v) is 2.79. The van der Waals surface area contributed by atoms with Crippen LogP contribution in [0, 0.1) is 0 Å². The first kappa shape index (κ1) is 16.0. The normalized spacial score (nSPS) is 9.95. The second kappa shape index (κ2) is 8.19. The van der Waals surface area contributed by atoms with Gasteiger partial charge >= 0.3 is 0 Å². The maximum absolute atomic E-state index is 11.4. The highest BCUT2D eigenvalue weighted by Crippen LogP contribution is 2.25. The summed E-state index contributed by atoms with van der Waals surface area (Å²) in [5.41, 5.74) is 1.68. The zero-order chi connectivity index (χ0) is 15.0. The summed E-state index contributed by atoms with van der Waals surface area (Å²) in [5.74, 6) is 0.554. The Kier molecular flexibility index (Phi) is 6.56. The lowest BCUT2D eigenvalue weighted by molar-refractivity contribution is -0.121. The number of methoxy groups -OCH3 is 1. The predicted molar refractivity (Wildman–Crippen MR) is 78.9 cm³/mol. The van der Waals surface area contributed by atoms with Crippen LogP contribution in [0.1, 0.15) is 32.3 Å². The van der Waals surface area contributed by atoms with Crippen LogP contribution in [0.5, 0.6) is 5.75 Å². The van der Waals surface area contributed by atoms with E-state index in [4.69, 9.17) is 4.74 Å². The number of nitrogens with one attached hydrogen (secondary N) is 2. The van der Waals surface area contributed by atoms with Crippen LogP contribution >= 0.6 is 0 Å². The van der Waals surface area contributed by atoms with Gasteiger partial charge in [-0.1, -0.05) is 13.0 Å². The summed E-state index contributed by atoms with van der Waals surface area (Å²) in [6.07, 6.45) is 2.12. The van der Waals surface area contributed by atoms with E-state index in [1.807, 2.05) is 25.1 Å². The predicted octanol–water partition coefficient (Wildman–Crippen LogP) is 2.11. The van der Waals surface area contributed by atoms with Crippen molar-refractivity contribution in [3.8, 4) is 5.75 Å². The van der Waals surface area contributed by atoms with Gasteiger partial charge in [-0.3, -0.25) is 9.59 Å². The standard InChI is InChI=1S/C15H22N2O3/c1-4-5-15(19)16-9-8-12-6-7-14(20-3)13(10-12)17-11(2)18/h6-7,10H,4-5,8-9H2,1-3H3,(H,16,19)(H,17,18). The van der Waals surface area contributed by atoms with Crippen LogP contribution in [-0.4, -0.2) is 25.5 Å². The average molecular weight is 278 g/mol. The first-order valence-corrected chi connectivity index (χ1v) is 6.78. The van der Waals surface area contributed by atoms with Crippen LogP contribution in [0.25, 0.3) is 0 Å². The lowest BCUT2D eigenvalue weighted by Gasteiger charge is -2.11. The van der Waals surface area contributed by atoms with Crippen molar-refractivity contribution >= 4 is 17.5 Å². The van der Waals surface area contributed by atoms with E-state index < -0.39 is 0 Å². The molecular weight excluding hydrogens is 256 g/mol. The summed E-state index contributed by atoms with van der Waals surface area (Å²) in [6, 6.07) is 5.61. The fourth-order valence-corrected chi connectivity index (χ4v) is 1.86. The molecule has 0 atom stereocenters. The minimum Gasteiger partial charge on any atom is -0.495 e. The minimum atomic E-state index is -0.142. The molecule has 5 heteroatoms. The highest BCUT2D eigenvalue weighted by atomic mass is 16.5. The zero-order valence-corrected chi connectivity index (χ0v) is 12.3. The molecule has 1 rings (SSSR count). The number of ether oxygens (including phenoxy) is 1. The van der Waals surface area contributed by atoms with Crippen molar-refractivity contribution in [3.63, 3.8) is 0 Å². The van der Waals surface area contributed by atoms with Crippen LogP contribution in [0.15, 0.2) is 18.2 Å². The Balaban J connectivity index is 2.62. The molecule has 2 amide bonds. The lowest BCUT2D eigenvalue weighted by atomic mass is 10.1. The van der Waals surface area contributed by atoms with Gasteiger partial charge in [-0.05, 0) is 30.5 Å². The number of hydrogen-bond acceptors (Lipinski definition) is 3. The first-order valence-electron chi connectivity index (χ1n) is 6.78. The molecule has 0 saturated heterocycles. The van der Waals surface area contributed by atoms with Gasteiger partial charge in [0.2, 0.25) is 11.8 Å². The number of anilines is 1. The highest BCUT2D eigenvalue weighted by Gasteiger charge is 2.06. The minimum absolute atomic E-state index is 0.0723. The molecule has 2 N–H and O–H groups in total. The molecule has 0 aliphatic heterocycles. The Bertz CT molecular complexity index is 472. The van der Waals surface area contributed by atoms with Gasteiger partial charge in [-0.2, -0.15) is 0 Å². The molecule has 0 spiro atoms. The Labute approximate surface area is 119 Å². The molecule has 1 aromatic rings. The molecule has 0 aliphatic carbocycles. The third-order valence-electron chi connectivity index (χ3n) is 2.79. The highest BCUT2D eigenvalue weighted by molar-refractivity contribution is 5.90. The van der Waals surface area contributed by atoms with Crippen molar-refractivity contribution < 1.29 is 14.3 Å². The quantitative estimate of drug-likeness (QED) is 0.802. The summed E-state index contributed by atoms with van der Waals surface area (Å²) in [5, 5.41) is 5.60. The molecule has 0 saturated carbocycles. The second-order valence-electron chi connectivity index (χ2n) is 4.57. The third kappa shape index (κ3) is 5.30. The van der Waals surface area contributed by atoms with Crippen molar-refractivity contribution in [2.75, 3.05) is 19.0 Å². The Morgan fingerprint density at radius 3 is 2.65 bits per heavy atom. The van der Waals surface area contributed by atoms with Gasteiger partial charge in [-0.15, -0.1) is 0 Å². The van der Waals surface area contributed by atoms with Crippen LogP contribution in [0.4, 0.5) is 5.69 Å². The number of rotatable bonds is 7. The number of benzene rings is 1. The molecule has 0 bridgehead atoms. The molecule has 20 heavy (non-hydrogen) atoms. The second-order valence-corrected chi connectivity index (χ2v) is 4.57. The van der Waals surface area contributed by atoms with E-state index >= 15 is 0 Å². The number of amides is 2. The van der Waals surface area contributed by atoms with Gasteiger partial charge in [0, 0.05) is 19.9 Å². The maximum Gasteiger partial charge on any atom is 0.221 e. The molecule has 0 fully saturated rings. The fraction of sp³-hybridized carbons (Fsp3) is 0.467. The van der Waals surface area contributed by atoms with Crippen molar-refractivity contribution in [1.29, 1.82) is 0 Å². The van der Waals surface area contributed by atoms with Crippen LogP contribution < -0.4 is 15.4 Å². The molecule has 1 aromatic carbocycles. The lowest BCUT2D eigenvalue weighted by Crippen LogP contribution is -2.25. The number of carbonyl (C=O) groups is 2. The van der Waals surface area contributed by atoms with Crippen LogP contribution in [-0.2, 0) is 16.0 Å². The molecule has 0 heterocycles. The largest absolute Gasteiger partial charge is 0.495 e. The first-order chi connectivity index (χ1) is 9.56. The molecular formula is C15H22N2O3. The SMILES string of the molecule is CCCC(=O)NCCc1ccc(OC)c(NC(C)=O)c1. The van der Waals surface area contributed by atoms with Crippen molar-refractivity contribution in [2.24, 2.45) is 0 Å². The van der Waals surface area contributed by atoms with Crippen LogP contribution in [0.3, 0.4) is 0 Å². The van der Waals surface area contributed by atoms with Gasteiger partial charge in [0.1, 0.15) is 5.75 Å². The summed E-state index contributed by atoms with van der Waals surface area (Å²) >= 11 is 0. The maximum atomic E-state index is 11.4. The number of hydrogen-bond donors (Lipinski definition) is 2. The molecule has 5 nitrogen and oxygen atoms in total. The summed E-state index contributed by atoms with van der Waals surface area (Å²) in [4.78, 5) is 22.5. The zero-order valence-electron chi connectivity index (χ0n) is 12.3. The Hall–Kier alpha value is -2.04. The smallest absolute Gasteiger partial charge is 0.221 e.